The topological polar surface area (TPSA) is 85.2 Å². The van der Waals surface area contributed by atoms with Crippen LogP contribution in [0.3, 0.4) is 0 Å². The number of rotatable bonds is 8. The summed E-state index contributed by atoms with van der Waals surface area (Å²) in [6, 6.07) is 13.8. The molecular weight excluding hydrogens is 477 g/mol. The summed E-state index contributed by atoms with van der Waals surface area (Å²) in [4.78, 5) is 25.8. The van der Waals surface area contributed by atoms with Crippen LogP contribution in [0.1, 0.15) is 17.3 Å². The van der Waals surface area contributed by atoms with Crippen molar-refractivity contribution in [1.29, 1.82) is 0 Å². The van der Waals surface area contributed by atoms with E-state index in [2.05, 4.69) is 35.4 Å². The summed E-state index contributed by atoms with van der Waals surface area (Å²) in [7, 11) is -0.00478. The second-order valence-electron chi connectivity index (χ2n) is 8.99. The highest BCUT2D eigenvalue weighted by Gasteiger charge is 2.33. The summed E-state index contributed by atoms with van der Waals surface area (Å²) in [6.07, 6.45) is -3.55. The van der Waals surface area contributed by atoms with Gasteiger partial charge in [0.2, 0.25) is 5.91 Å². The minimum atomic E-state index is -4.61. The predicted octanol–water partition coefficient (Wildman–Crippen LogP) is 3.95. The van der Waals surface area contributed by atoms with E-state index >= 15 is 0 Å². The molecule has 3 rings (SSSR count). The largest absolute Gasteiger partial charge is 0.497 e. The maximum atomic E-state index is 13.2. The van der Waals surface area contributed by atoms with Gasteiger partial charge in [-0.1, -0.05) is 49.1 Å². The van der Waals surface area contributed by atoms with Crippen molar-refractivity contribution in [3.05, 3.63) is 72.1 Å². The molecule has 11 heteroatoms. The minimum Gasteiger partial charge on any atom is -0.497 e. The van der Waals surface area contributed by atoms with Crippen LogP contribution in [-0.4, -0.2) is 36.8 Å². The standard InChI is InChI=1S/C24H27F3N4O3Si/c1-34-18-9-5-16(6-10-18)22(23(33)28-17-7-11-19(12-8-17)35(2,3)4)29-21(32)15-31-14-13-20(30-31)24(25,26)27/h5-14,22H,15H2,1-4H3,(H,28,33)(H,29,32). The Kier molecular flexibility index (Phi) is 7.69. The zero-order valence-electron chi connectivity index (χ0n) is 19.8. The average molecular weight is 505 g/mol. The maximum absolute atomic E-state index is 13.2. The smallest absolute Gasteiger partial charge is 0.435 e. The number of carbonyl (C=O) groups excluding carboxylic acids is 2. The van der Waals surface area contributed by atoms with Crippen molar-refractivity contribution in [2.45, 2.75) is 38.4 Å². The molecule has 1 heterocycles. The SMILES string of the molecule is COc1ccc(C(NC(=O)Cn2ccc(C(F)(F)F)n2)C(=O)Nc2ccc([Si](C)(C)C)cc2)cc1. The van der Waals surface area contributed by atoms with Gasteiger partial charge in [0, 0.05) is 11.9 Å². The molecule has 0 spiro atoms. The zero-order chi connectivity index (χ0) is 25.8. The number of ether oxygens (including phenoxy) is 1. The average Bonchev–Trinajstić information content (AvgIpc) is 3.26. The lowest BCUT2D eigenvalue weighted by Crippen LogP contribution is -2.39. The predicted molar refractivity (Wildman–Crippen MR) is 129 cm³/mol. The van der Waals surface area contributed by atoms with Crippen LogP contribution in [0, 0.1) is 0 Å². The number of aromatic nitrogens is 2. The lowest BCUT2D eigenvalue weighted by atomic mass is 10.1. The Balaban J connectivity index is 1.78. The van der Waals surface area contributed by atoms with Crippen molar-refractivity contribution in [1.82, 2.24) is 15.1 Å². The molecule has 0 saturated carbocycles. The van der Waals surface area contributed by atoms with E-state index in [0.717, 1.165) is 16.9 Å². The monoisotopic (exact) mass is 504 g/mol. The summed E-state index contributed by atoms with van der Waals surface area (Å²) in [5, 5.41) is 10.0. The number of alkyl halides is 3. The molecule has 0 aliphatic rings. The fourth-order valence-corrected chi connectivity index (χ4v) is 4.49. The highest BCUT2D eigenvalue weighted by Crippen LogP contribution is 2.27. The zero-order valence-corrected chi connectivity index (χ0v) is 20.8. The molecule has 186 valence electrons. The molecule has 0 radical (unpaired) electrons. The van der Waals surface area contributed by atoms with Crippen molar-refractivity contribution in [2.24, 2.45) is 0 Å². The third-order valence-electron chi connectivity index (χ3n) is 5.27. The maximum Gasteiger partial charge on any atom is 0.435 e. The van der Waals surface area contributed by atoms with Gasteiger partial charge in [0.1, 0.15) is 18.3 Å². The van der Waals surface area contributed by atoms with E-state index in [0.29, 0.717) is 17.0 Å². The molecule has 2 amide bonds. The summed E-state index contributed by atoms with van der Waals surface area (Å²) >= 11 is 0. The fourth-order valence-electron chi connectivity index (χ4n) is 3.32. The van der Waals surface area contributed by atoms with Crippen LogP contribution in [0.2, 0.25) is 19.6 Å². The number of hydrogen-bond acceptors (Lipinski definition) is 4. The first-order valence-electron chi connectivity index (χ1n) is 10.8. The van der Waals surface area contributed by atoms with Gasteiger partial charge in [0.25, 0.3) is 5.91 Å². The third-order valence-corrected chi connectivity index (χ3v) is 7.34. The van der Waals surface area contributed by atoms with Crippen molar-refractivity contribution < 1.29 is 27.5 Å². The first-order valence-corrected chi connectivity index (χ1v) is 14.3. The molecule has 2 N–H and O–H groups in total. The second-order valence-corrected chi connectivity index (χ2v) is 14.1. The first kappa shape index (κ1) is 26.0. The van der Waals surface area contributed by atoms with Gasteiger partial charge in [-0.2, -0.15) is 18.3 Å². The Bertz CT molecular complexity index is 1170. The van der Waals surface area contributed by atoms with E-state index in [9.17, 15) is 22.8 Å². The fraction of sp³-hybridized carbons (Fsp3) is 0.292. The molecule has 35 heavy (non-hydrogen) atoms. The lowest BCUT2D eigenvalue weighted by Gasteiger charge is -2.20. The Labute approximate surface area is 202 Å². The molecular formula is C24H27F3N4O3Si. The summed E-state index contributed by atoms with van der Waals surface area (Å²) < 4.78 is 44.4. The van der Waals surface area contributed by atoms with Gasteiger partial charge in [-0.15, -0.1) is 0 Å². The molecule has 0 aliphatic carbocycles. The number of hydrogen-bond donors (Lipinski definition) is 2. The number of halogens is 3. The summed E-state index contributed by atoms with van der Waals surface area (Å²) in [6.45, 7) is 6.16. The van der Waals surface area contributed by atoms with Crippen molar-refractivity contribution in [2.75, 3.05) is 12.4 Å². The molecule has 0 fully saturated rings. The molecule has 7 nitrogen and oxygen atoms in total. The van der Waals surface area contributed by atoms with Crippen molar-refractivity contribution in [3.8, 4) is 5.75 Å². The molecule has 0 aliphatic heterocycles. The van der Waals surface area contributed by atoms with Gasteiger partial charge in [-0.25, -0.2) is 0 Å². The Morgan fingerprint density at radius 2 is 1.66 bits per heavy atom. The van der Waals surface area contributed by atoms with Crippen LogP contribution < -0.4 is 20.6 Å². The number of methoxy groups -OCH3 is 1. The number of nitrogens with zero attached hydrogens (tertiary/aromatic N) is 2. The van der Waals surface area contributed by atoms with Gasteiger partial charge in [0.05, 0.1) is 15.2 Å². The lowest BCUT2D eigenvalue weighted by molar-refractivity contribution is -0.141. The first-order chi connectivity index (χ1) is 16.4. The van der Waals surface area contributed by atoms with E-state index in [1.807, 2.05) is 12.1 Å². The molecule has 0 saturated heterocycles. The second kappa shape index (κ2) is 10.3. The van der Waals surface area contributed by atoms with E-state index in [-0.39, 0.29) is 0 Å². The minimum absolute atomic E-state index is 0.479. The normalized spacial score (nSPS) is 12.7. The number of carbonyl (C=O) groups is 2. The van der Waals surface area contributed by atoms with E-state index < -0.39 is 44.3 Å². The van der Waals surface area contributed by atoms with E-state index in [1.54, 1.807) is 36.4 Å². The number of nitrogens with one attached hydrogen (secondary N) is 2. The van der Waals surface area contributed by atoms with Gasteiger partial charge < -0.3 is 15.4 Å². The number of benzene rings is 2. The molecule has 2 aromatic carbocycles. The van der Waals surface area contributed by atoms with Gasteiger partial charge in [-0.05, 0) is 35.9 Å². The number of anilines is 1. The molecule has 1 atom stereocenters. The van der Waals surface area contributed by atoms with Crippen LogP contribution in [0.15, 0.2) is 60.8 Å². The Morgan fingerprint density at radius 3 is 2.17 bits per heavy atom. The van der Waals surface area contributed by atoms with E-state index in [4.69, 9.17) is 4.74 Å². The van der Waals surface area contributed by atoms with Crippen molar-refractivity contribution in [3.63, 3.8) is 0 Å². The Morgan fingerprint density at radius 1 is 1.03 bits per heavy atom. The summed E-state index contributed by atoms with van der Waals surface area (Å²) in [5.41, 5.74) is -0.0602. The van der Waals surface area contributed by atoms with Crippen LogP contribution in [0.25, 0.3) is 0 Å². The van der Waals surface area contributed by atoms with E-state index in [1.165, 1.54) is 12.3 Å². The van der Waals surface area contributed by atoms with Crippen LogP contribution >= 0.6 is 0 Å². The third kappa shape index (κ3) is 6.95. The van der Waals surface area contributed by atoms with Gasteiger partial charge in [0.15, 0.2) is 5.69 Å². The quantitative estimate of drug-likeness (QED) is 0.455. The van der Waals surface area contributed by atoms with Gasteiger partial charge >= 0.3 is 6.18 Å². The van der Waals surface area contributed by atoms with Crippen LogP contribution in [0.4, 0.5) is 18.9 Å². The van der Waals surface area contributed by atoms with Crippen LogP contribution in [0.5, 0.6) is 5.75 Å². The number of amides is 2. The molecule has 3 aromatic rings. The molecule has 1 aromatic heterocycles. The van der Waals surface area contributed by atoms with Gasteiger partial charge in [-0.3, -0.25) is 14.3 Å². The highest BCUT2D eigenvalue weighted by molar-refractivity contribution is 6.88. The summed E-state index contributed by atoms with van der Waals surface area (Å²) in [5.74, 6) is -0.606. The van der Waals surface area contributed by atoms with Crippen LogP contribution in [-0.2, 0) is 22.3 Å². The molecule has 0 bridgehead atoms. The molecule has 1 unspecified atom stereocenters. The highest BCUT2D eigenvalue weighted by atomic mass is 28.3. The Hall–Kier alpha value is -3.60. The van der Waals surface area contributed by atoms with Crippen molar-refractivity contribution >= 4 is 30.8 Å².